The first-order chi connectivity index (χ1) is 6.07. The summed E-state index contributed by atoms with van der Waals surface area (Å²) < 4.78 is 0. The number of fused-ring (bicyclic) bond motifs is 1. The van der Waals surface area contributed by atoms with Gasteiger partial charge in [0.1, 0.15) is 0 Å². The molecule has 68 valence electrons. The average molecular weight is 174 g/mol. The van der Waals surface area contributed by atoms with Crippen molar-refractivity contribution < 1.29 is 0 Å². The fraction of sp³-hybridized carbons (Fsp3) is 0.455. The summed E-state index contributed by atoms with van der Waals surface area (Å²) in [6.45, 7) is 7.32. The molecule has 0 amide bonds. The maximum Gasteiger partial charge on any atom is 0.0862 e. The molecule has 1 aromatic heterocycles. The number of nitrogens with zero attached hydrogens (tertiary/aromatic N) is 2. The standard InChI is InChI=1S/C11H14N2/c1-11(2,3)10-5-4-8-6-12-7-9(8)13-10/h4-5,7H,6H2,1-3H3. The van der Waals surface area contributed by atoms with E-state index in [1.807, 2.05) is 6.21 Å². The van der Waals surface area contributed by atoms with E-state index in [1.54, 1.807) is 0 Å². The van der Waals surface area contributed by atoms with Crippen molar-refractivity contribution in [2.45, 2.75) is 32.7 Å². The van der Waals surface area contributed by atoms with Gasteiger partial charge in [-0.2, -0.15) is 0 Å². The van der Waals surface area contributed by atoms with Crippen LogP contribution >= 0.6 is 0 Å². The first-order valence-corrected chi connectivity index (χ1v) is 4.57. The lowest BCUT2D eigenvalue weighted by Crippen LogP contribution is -2.14. The Morgan fingerprint density at radius 2 is 2.00 bits per heavy atom. The van der Waals surface area contributed by atoms with E-state index in [0.717, 1.165) is 17.9 Å². The third kappa shape index (κ3) is 1.48. The van der Waals surface area contributed by atoms with E-state index in [2.05, 4.69) is 42.9 Å². The Kier molecular flexibility index (Phi) is 1.72. The van der Waals surface area contributed by atoms with E-state index < -0.39 is 0 Å². The minimum atomic E-state index is 0.130. The predicted octanol–water partition coefficient (Wildman–Crippen LogP) is 2.31. The van der Waals surface area contributed by atoms with E-state index in [0.29, 0.717) is 0 Å². The smallest absolute Gasteiger partial charge is 0.0862 e. The minimum Gasteiger partial charge on any atom is -0.286 e. The van der Waals surface area contributed by atoms with Crippen LogP contribution in [-0.4, -0.2) is 11.2 Å². The van der Waals surface area contributed by atoms with Gasteiger partial charge in [0.05, 0.1) is 12.2 Å². The quantitative estimate of drug-likeness (QED) is 0.592. The largest absolute Gasteiger partial charge is 0.286 e. The van der Waals surface area contributed by atoms with Gasteiger partial charge in [0.2, 0.25) is 0 Å². The topological polar surface area (TPSA) is 25.2 Å². The minimum absolute atomic E-state index is 0.130. The third-order valence-corrected chi connectivity index (χ3v) is 2.26. The molecule has 0 aromatic carbocycles. The van der Waals surface area contributed by atoms with Crippen LogP contribution in [0.4, 0.5) is 0 Å². The Morgan fingerprint density at radius 1 is 1.23 bits per heavy atom. The molecule has 2 heterocycles. The normalized spacial score (nSPS) is 14.7. The molecular formula is C11H14N2. The van der Waals surface area contributed by atoms with Gasteiger partial charge in [-0.15, -0.1) is 0 Å². The van der Waals surface area contributed by atoms with Crippen LogP contribution < -0.4 is 0 Å². The van der Waals surface area contributed by atoms with Gasteiger partial charge in [-0.1, -0.05) is 26.8 Å². The van der Waals surface area contributed by atoms with Gasteiger partial charge in [0, 0.05) is 22.9 Å². The lowest BCUT2D eigenvalue weighted by atomic mass is 9.91. The van der Waals surface area contributed by atoms with Crippen molar-refractivity contribution in [3.63, 3.8) is 0 Å². The van der Waals surface area contributed by atoms with Crippen LogP contribution in [0.5, 0.6) is 0 Å². The Labute approximate surface area is 78.7 Å². The molecule has 0 radical (unpaired) electrons. The molecule has 2 heteroatoms. The van der Waals surface area contributed by atoms with Gasteiger partial charge in [-0.25, -0.2) is 0 Å². The van der Waals surface area contributed by atoms with Gasteiger partial charge in [-0.3, -0.25) is 9.98 Å². The number of rotatable bonds is 0. The molecule has 0 unspecified atom stereocenters. The molecule has 0 N–H and O–H groups in total. The van der Waals surface area contributed by atoms with Gasteiger partial charge in [-0.05, 0) is 6.07 Å². The van der Waals surface area contributed by atoms with E-state index in [9.17, 15) is 0 Å². The molecule has 0 spiro atoms. The number of hydrogen-bond donors (Lipinski definition) is 0. The fourth-order valence-electron chi connectivity index (χ4n) is 1.40. The number of aromatic nitrogens is 1. The highest BCUT2D eigenvalue weighted by atomic mass is 14.8. The summed E-state index contributed by atoms with van der Waals surface area (Å²) in [5.74, 6) is 0. The van der Waals surface area contributed by atoms with E-state index in [-0.39, 0.29) is 5.41 Å². The first-order valence-electron chi connectivity index (χ1n) is 4.57. The van der Waals surface area contributed by atoms with Crippen molar-refractivity contribution in [2.75, 3.05) is 0 Å². The highest BCUT2D eigenvalue weighted by Gasteiger charge is 2.17. The molecule has 2 nitrogen and oxygen atoms in total. The van der Waals surface area contributed by atoms with Crippen LogP contribution in [0.2, 0.25) is 0 Å². The molecule has 1 aliphatic heterocycles. The monoisotopic (exact) mass is 174 g/mol. The summed E-state index contributed by atoms with van der Waals surface area (Å²) in [6, 6.07) is 4.24. The summed E-state index contributed by atoms with van der Waals surface area (Å²) in [5.41, 5.74) is 3.56. The summed E-state index contributed by atoms with van der Waals surface area (Å²) >= 11 is 0. The molecule has 2 rings (SSSR count). The van der Waals surface area contributed by atoms with Crippen LogP contribution in [0.1, 0.15) is 37.7 Å². The van der Waals surface area contributed by atoms with E-state index in [4.69, 9.17) is 0 Å². The molecule has 0 saturated carbocycles. The summed E-state index contributed by atoms with van der Waals surface area (Å²) in [4.78, 5) is 8.76. The molecular weight excluding hydrogens is 160 g/mol. The van der Waals surface area contributed by atoms with Crippen molar-refractivity contribution in [1.82, 2.24) is 4.98 Å². The van der Waals surface area contributed by atoms with Gasteiger partial charge in [0.25, 0.3) is 0 Å². The second kappa shape index (κ2) is 2.66. The van der Waals surface area contributed by atoms with Crippen molar-refractivity contribution >= 4 is 6.21 Å². The Morgan fingerprint density at radius 3 is 2.69 bits per heavy atom. The van der Waals surface area contributed by atoms with Crippen LogP contribution in [-0.2, 0) is 12.0 Å². The van der Waals surface area contributed by atoms with E-state index in [1.165, 1.54) is 5.56 Å². The molecule has 1 aromatic rings. The molecule has 1 aliphatic rings. The predicted molar refractivity (Wildman–Crippen MR) is 54.2 cm³/mol. The first kappa shape index (κ1) is 8.42. The van der Waals surface area contributed by atoms with Gasteiger partial charge in [0.15, 0.2) is 0 Å². The Hall–Kier alpha value is -1.18. The van der Waals surface area contributed by atoms with Crippen LogP contribution in [0, 0.1) is 0 Å². The third-order valence-electron chi connectivity index (χ3n) is 2.26. The summed E-state index contributed by atoms with van der Waals surface area (Å²) in [6.07, 6.45) is 1.87. The van der Waals surface area contributed by atoms with E-state index >= 15 is 0 Å². The van der Waals surface area contributed by atoms with Gasteiger partial charge >= 0.3 is 0 Å². The molecule has 0 atom stereocenters. The maximum atomic E-state index is 4.58. The molecule has 0 fully saturated rings. The van der Waals surface area contributed by atoms with Gasteiger partial charge < -0.3 is 0 Å². The number of hydrogen-bond acceptors (Lipinski definition) is 2. The molecule has 0 saturated heterocycles. The highest BCUT2D eigenvalue weighted by Crippen LogP contribution is 2.22. The lowest BCUT2D eigenvalue weighted by molar-refractivity contribution is 0.568. The second-order valence-corrected chi connectivity index (χ2v) is 4.46. The SMILES string of the molecule is CC(C)(C)c1ccc2c(n1)C=NC2. The Balaban J connectivity index is 2.47. The summed E-state index contributed by atoms with van der Waals surface area (Å²) in [5, 5.41) is 0. The van der Waals surface area contributed by atoms with Crippen LogP contribution in [0.3, 0.4) is 0 Å². The molecule has 13 heavy (non-hydrogen) atoms. The van der Waals surface area contributed by atoms with Crippen molar-refractivity contribution in [1.29, 1.82) is 0 Å². The zero-order valence-electron chi connectivity index (χ0n) is 8.33. The average Bonchev–Trinajstić information content (AvgIpc) is 2.47. The van der Waals surface area contributed by atoms with Crippen molar-refractivity contribution in [3.8, 4) is 0 Å². The van der Waals surface area contributed by atoms with Crippen LogP contribution in [0.15, 0.2) is 17.1 Å². The highest BCUT2D eigenvalue weighted by molar-refractivity contribution is 5.81. The molecule has 0 bridgehead atoms. The van der Waals surface area contributed by atoms with Crippen molar-refractivity contribution in [3.05, 3.63) is 29.1 Å². The summed E-state index contributed by atoms with van der Waals surface area (Å²) in [7, 11) is 0. The zero-order valence-corrected chi connectivity index (χ0v) is 8.33. The molecule has 0 aliphatic carbocycles. The van der Waals surface area contributed by atoms with Crippen LogP contribution in [0.25, 0.3) is 0 Å². The lowest BCUT2D eigenvalue weighted by Gasteiger charge is -2.17. The number of aliphatic imine (C=N–C) groups is 1. The fourth-order valence-corrected chi connectivity index (χ4v) is 1.40. The van der Waals surface area contributed by atoms with Crippen molar-refractivity contribution in [2.24, 2.45) is 4.99 Å². The maximum absolute atomic E-state index is 4.58. The Bertz CT molecular complexity index is 359. The number of pyridine rings is 1. The zero-order chi connectivity index (χ0) is 9.47. The second-order valence-electron chi connectivity index (χ2n) is 4.46.